The molecule has 7 N–H and O–H groups in total. The lowest BCUT2D eigenvalue weighted by atomic mass is 10.3. The van der Waals surface area contributed by atoms with Crippen LogP contribution in [0.3, 0.4) is 0 Å². The fraction of sp³-hybridized carbons (Fsp3) is 0.444. The highest BCUT2D eigenvalue weighted by atomic mass is 16.3. The van der Waals surface area contributed by atoms with Crippen LogP contribution in [0.15, 0.2) is 11.9 Å². The lowest BCUT2D eigenvalue weighted by Gasteiger charge is -2.09. The SMILES string of the molecule is C/C(N)=C/n1ncc(NCC(O)CO)c1N. The van der Waals surface area contributed by atoms with Crippen LogP contribution in [0, 0.1) is 0 Å². The van der Waals surface area contributed by atoms with Crippen molar-refractivity contribution in [3.05, 3.63) is 11.9 Å². The lowest BCUT2D eigenvalue weighted by molar-refractivity contribution is 0.105. The molecule has 0 spiro atoms. The quantitative estimate of drug-likeness (QED) is 0.440. The van der Waals surface area contributed by atoms with Gasteiger partial charge in [0.05, 0.1) is 24.6 Å². The van der Waals surface area contributed by atoms with Gasteiger partial charge >= 0.3 is 0 Å². The number of hydrogen-bond acceptors (Lipinski definition) is 6. The van der Waals surface area contributed by atoms with E-state index in [1.165, 1.54) is 10.9 Å². The van der Waals surface area contributed by atoms with Crippen molar-refractivity contribution in [3.63, 3.8) is 0 Å². The third-order valence-corrected chi connectivity index (χ3v) is 1.90. The van der Waals surface area contributed by atoms with Gasteiger partial charge in [-0.25, -0.2) is 4.68 Å². The minimum Gasteiger partial charge on any atom is -0.401 e. The van der Waals surface area contributed by atoms with Crippen molar-refractivity contribution in [2.24, 2.45) is 5.73 Å². The van der Waals surface area contributed by atoms with E-state index in [-0.39, 0.29) is 13.2 Å². The Hall–Kier alpha value is -1.73. The van der Waals surface area contributed by atoms with Crippen molar-refractivity contribution in [2.75, 3.05) is 24.2 Å². The number of nitrogens with zero attached hydrogens (tertiary/aromatic N) is 2. The van der Waals surface area contributed by atoms with E-state index in [2.05, 4.69) is 10.4 Å². The van der Waals surface area contributed by atoms with E-state index in [0.717, 1.165) is 0 Å². The molecule has 1 heterocycles. The molecule has 0 aliphatic carbocycles. The first-order valence-corrected chi connectivity index (χ1v) is 4.84. The zero-order valence-electron chi connectivity index (χ0n) is 9.09. The number of nitrogens with two attached hydrogens (primary N) is 2. The minimum absolute atomic E-state index is 0.206. The number of anilines is 2. The van der Waals surface area contributed by atoms with Crippen LogP contribution in [0.25, 0.3) is 6.20 Å². The van der Waals surface area contributed by atoms with Gasteiger partial charge < -0.3 is 27.0 Å². The molecule has 16 heavy (non-hydrogen) atoms. The van der Waals surface area contributed by atoms with Gasteiger partial charge in [0.15, 0.2) is 0 Å². The molecule has 7 heteroatoms. The van der Waals surface area contributed by atoms with Gasteiger partial charge in [0.1, 0.15) is 5.82 Å². The number of nitrogen functional groups attached to an aromatic ring is 1. The summed E-state index contributed by atoms with van der Waals surface area (Å²) in [6.45, 7) is 1.63. The van der Waals surface area contributed by atoms with Crippen LogP contribution >= 0.6 is 0 Å². The summed E-state index contributed by atoms with van der Waals surface area (Å²) < 4.78 is 1.43. The predicted molar refractivity (Wildman–Crippen MR) is 62.4 cm³/mol. The average molecular weight is 227 g/mol. The molecular weight excluding hydrogens is 210 g/mol. The van der Waals surface area contributed by atoms with E-state index < -0.39 is 6.10 Å². The Morgan fingerprint density at radius 3 is 3.00 bits per heavy atom. The van der Waals surface area contributed by atoms with E-state index in [9.17, 15) is 0 Å². The Bertz CT molecular complexity index is 370. The van der Waals surface area contributed by atoms with Gasteiger partial charge in [0, 0.05) is 18.4 Å². The van der Waals surface area contributed by atoms with Crippen molar-refractivity contribution in [2.45, 2.75) is 13.0 Å². The summed E-state index contributed by atoms with van der Waals surface area (Å²) in [5.41, 5.74) is 12.4. The van der Waals surface area contributed by atoms with Gasteiger partial charge in [-0.05, 0) is 6.92 Å². The van der Waals surface area contributed by atoms with Crippen LogP contribution < -0.4 is 16.8 Å². The molecule has 1 atom stereocenters. The molecule has 0 bridgehead atoms. The normalized spacial score (nSPS) is 13.8. The van der Waals surface area contributed by atoms with E-state index in [0.29, 0.717) is 17.2 Å². The number of nitrogens with one attached hydrogen (secondary N) is 1. The zero-order valence-corrected chi connectivity index (χ0v) is 9.09. The monoisotopic (exact) mass is 227 g/mol. The van der Waals surface area contributed by atoms with Crippen molar-refractivity contribution >= 4 is 17.7 Å². The van der Waals surface area contributed by atoms with Crippen molar-refractivity contribution < 1.29 is 10.2 Å². The molecule has 1 aromatic heterocycles. The van der Waals surface area contributed by atoms with E-state index >= 15 is 0 Å². The Balaban J connectivity index is 2.69. The van der Waals surface area contributed by atoms with Crippen molar-refractivity contribution in [3.8, 4) is 0 Å². The molecule has 0 saturated heterocycles. The van der Waals surface area contributed by atoms with Crippen LogP contribution in [0.5, 0.6) is 0 Å². The van der Waals surface area contributed by atoms with Gasteiger partial charge in [-0.3, -0.25) is 0 Å². The summed E-state index contributed by atoms with van der Waals surface area (Å²) in [6, 6.07) is 0. The second kappa shape index (κ2) is 5.38. The van der Waals surface area contributed by atoms with E-state index in [1.54, 1.807) is 13.1 Å². The summed E-state index contributed by atoms with van der Waals surface area (Å²) in [5, 5.41) is 24.6. The van der Waals surface area contributed by atoms with Gasteiger partial charge in [0.2, 0.25) is 0 Å². The molecule has 1 unspecified atom stereocenters. The molecular formula is C9H17N5O2. The maximum Gasteiger partial charge on any atom is 0.150 e. The van der Waals surface area contributed by atoms with Crippen LogP contribution in [0.1, 0.15) is 6.92 Å². The first kappa shape index (κ1) is 12.3. The van der Waals surface area contributed by atoms with Gasteiger partial charge in [-0.15, -0.1) is 0 Å². The second-order valence-electron chi connectivity index (χ2n) is 3.48. The summed E-state index contributed by atoms with van der Waals surface area (Å²) in [7, 11) is 0. The fourth-order valence-electron chi connectivity index (χ4n) is 1.10. The van der Waals surface area contributed by atoms with Gasteiger partial charge in [0.25, 0.3) is 0 Å². The topological polar surface area (TPSA) is 122 Å². The van der Waals surface area contributed by atoms with Crippen LogP contribution in [-0.2, 0) is 0 Å². The number of hydrogen-bond donors (Lipinski definition) is 5. The van der Waals surface area contributed by atoms with Crippen LogP contribution in [-0.4, -0.2) is 39.2 Å². The number of aromatic nitrogens is 2. The minimum atomic E-state index is -0.825. The molecule has 0 aromatic carbocycles. The molecule has 0 fully saturated rings. The highest BCUT2D eigenvalue weighted by molar-refractivity contribution is 5.63. The lowest BCUT2D eigenvalue weighted by Crippen LogP contribution is -2.23. The van der Waals surface area contributed by atoms with Crippen LogP contribution in [0.4, 0.5) is 11.5 Å². The average Bonchev–Trinajstić information content (AvgIpc) is 2.56. The number of aliphatic hydroxyl groups excluding tert-OH is 2. The summed E-state index contributed by atoms with van der Waals surface area (Å²) in [5.74, 6) is 0.398. The molecule has 1 aromatic rings. The molecule has 1 rings (SSSR count). The smallest absolute Gasteiger partial charge is 0.150 e. The fourth-order valence-corrected chi connectivity index (χ4v) is 1.10. The van der Waals surface area contributed by atoms with Crippen molar-refractivity contribution in [1.29, 1.82) is 0 Å². The van der Waals surface area contributed by atoms with Crippen LogP contribution in [0.2, 0.25) is 0 Å². The molecule has 0 radical (unpaired) electrons. The molecule has 0 amide bonds. The Labute approximate surface area is 93.4 Å². The van der Waals surface area contributed by atoms with Gasteiger partial charge in [-0.2, -0.15) is 5.10 Å². The Morgan fingerprint density at radius 2 is 2.44 bits per heavy atom. The second-order valence-corrected chi connectivity index (χ2v) is 3.48. The molecule has 7 nitrogen and oxygen atoms in total. The largest absolute Gasteiger partial charge is 0.401 e. The highest BCUT2D eigenvalue weighted by Crippen LogP contribution is 2.17. The summed E-state index contributed by atoms with van der Waals surface area (Å²) >= 11 is 0. The Morgan fingerprint density at radius 1 is 1.75 bits per heavy atom. The predicted octanol–water partition coefficient (Wildman–Crippen LogP) is -0.993. The third kappa shape index (κ3) is 3.14. The van der Waals surface area contributed by atoms with Gasteiger partial charge in [-0.1, -0.05) is 0 Å². The number of aliphatic hydroxyl groups is 2. The molecule has 0 saturated carbocycles. The van der Waals surface area contributed by atoms with E-state index in [1.807, 2.05) is 0 Å². The number of rotatable bonds is 5. The summed E-state index contributed by atoms with van der Waals surface area (Å²) in [4.78, 5) is 0. The number of allylic oxidation sites excluding steroid dienone is 1. The summed E-state index contributed by atoms with van der Waals surface area (Å²) in [6.07, 6.45) is 2.29. The maximum absolute atomic E-state index is 9.15. The highest BCUT2D eigenvalue weighted by Gasteiger charge is 2.07. The molecule has 0 aliphatic rings. The third-order valence-electron chi connectivity index (χ3n) is 1.90. The van der Waals surface area contributed by atoms with E-state index in [4.69, 9.17) is 21.7 Å². The maximum atomic E-state index is 9.15. The standard InChI is InChI=1S/C9H17N5O2/c1-6(10)4-14-9(11)8(3-13-14)12-2-7(16)5-15/h3-4,7,12,15-16H,2,5,10-11H2,1H3/b6-4-. The zero-order chi connectivity index (χ0) is 12.1. The Kier molecular flexibility index (Phi) is 4.15. The first-order valence-electron chi connectivity index (χ1n) is 4.84. The molecule has 90 valence electrons. The van der Waals surface area contributed by atoms with Crippen molar-refractivity contribution in [1.82, 2.24) is 9.78 Å². The first-order chi connectivity index (χ1) is 7.54. The molecule has 0 aliphatic heterocycles.